The summed E-state index contributed by atoms with van der Waals surface area (Å²) in [6.07, 6.45) is 3.66. The van der Waals surface area contributed by atoms with Crippen LogP contribution in [0.3, 0.4) is 0 Å². The Morgan fingerprint density at radius 1 is 1.06 bits per heavy atom. The van der Waals surface area contributed by atoms with E-state index in [1.165, 1.54) is 11.3 Å². The quantitative estimate of drug-likeness (QED) is 0.332. The number of ether oxygens (including phenoxy) is 2. The maximum absolute atomic E-state index is 13.7. The molecule has 6 nitrogen and oxygen atoms in total. The van der Waals surface area contributed by atoms with Crippen LogP contribution in [0.15, 0.2) is 74.5 Å². The molecule has 0 N–H and O–H groups in total. The Labute approximate surface area is 219 Å². The van der Waals surface area contributed by atoms with E-state index in [4.69, 9.17) is 9.47 Å². The molecule has 4 rings (SSSR count). The fourth-order valence-electron chi connectivity index (χ4n) is 4.03. The maximum Gasteiger partial charge on any atom is 0.338 e. The number of fused-ring (bicyclic) bond motifs is 1. The molecular formula is C28H30N2O4S2. The SMILES string of the molecule is CSc1ccc([C@@H]2C(C(=O)OC(C)C)=C(C)N=c3s/c(=C\c4ccc(OC(C)C)cc4)c(=O)n32)cc1. The number of carbonyl (C=O) groups excluding carboxylic acids is 1. The first-order valence-corrected chi connectivity index (χ1v) is 13.9. The van der Waals surface area contributed by atoms with Crippen molar-refractivity contribution >= 4 is 35.1 Å². The van der Waals surface area contributed by atoms with Crippen molar-refractivity contribution in [3.63, 3.8) is 0 Å². The number of aromatic nitrogens is 1. The predicted molar refractivity (Wildman–Crippen MR) is 145 cm³/mol. The molecule has 0 amide bonds. The van der Waals surface area contributed by atoms with E-state index in [2.05, 4.69) is 4.99 Å². The summed E-state index contributed by atoms with van der Waals surface area (Å²) in [4.78, 5) is 33.2. The van der Waals surface area contributed by atoms with Gasteiger partial charge in [0.1, 0.15) is 5.75 Å². The van der Waals surface area contributed by atoms with Crippen LogP contribution in [0, 0.1) is 0 Å². The van der Waals surface area contributed by atoms with Gasteiger partial charge in [-0.3, -0.25) is 9.36 Å². The van der Waals surface area contributed by atoms with Crippen molar-refractivity contribution in [3.8, 4) is 5.75 Å². The third-order valence-electron chi connectivity index (χ3n) is 5.57. The highest BCUT2D eigenvalue weighted by atomic mass is 32.2. The van der Waals surface area contributed by atoms with Crippen molar-refractivity contribution in [2.45, 2.75) is 57.8 Å². The molecule has 0 fully saturated rings. The van der Waals surface area contributed by atoms with Crippen molar-refractivity contribution < 1.29 is 14.3 Å². The summed E-state index contributed by atoms with van der Waals surface area (Å²) < 4.78 is 13.4. The largest absolute Gasteiger partial charge is 0.491 e. The van der Waals surface area contributed by atoms with E-state index in [0.717, 1.165) is 21.8 Å². The van der Waals surface area contributed by atoms with Crippen molar-refractivity contribution in [1.29, 1.82) is 0 Å². The lowest BCUT2D eigenvalue weighted by Gasteiger charge is -2.25. The molecule has 3 aromatic rings. The molecule has 0 saturated heterocycles. The Morgan fingerprint density at radius 3 is 2.31 bits per heavy atom. The van der Waals surface area contributed by atoms with Crippen LogP contribution >= 0.6 is 23.1 Å². The van der Waals surface area contributed by atoms with E-state index < -0.39 is 12.0 Å². The minimum Gasteiger partial charge on any atom is -0.491 e. The molecule has 2 heterocycles. The number of allylic oxidation sites excluding steroid dienone is 1. The van der Waals surface area contributed by atoms with Crippen LogP contribution in [0.5, 0.6) is 5.75 Å². The Hall–Kier alpha value is -3.10. The van der Waals surface area contributed by atoms with E-state index in [1.807, 2.05) is 88.6 Å². The highest BCUT2D eigenvalue weighted by Gasteiger charge is 2.33. The van der Waals surface area contributed by atoms with Gasteiger partial charge in [-0.05, 0) is 82.3 Å². The molecule has 0 saturated carbocycles. The average Bonchev–Trinajstić information content (AvgIpc) is 3.13. The van der Waals surface area contributed by atoms with Gasteiger partial charge >= 0.3 is 5.97 Å². The summed E-state index contributed by atoms with van der Waals surface area (Å²) in [5.41, 5.74) is 2.47. The Bertz CT molecular complexity index is 1460. The van der Waals surface area contributed by atoms with Gasteiger partial charge in [-0.2, -0.15) is 0 Å². The van der Waals surface area contributed by atoms with Crippen molar-refractivity contribution in [1.82, 2.24) is 4.57 Å². The minimum absolute atomic E-state index is 0.0874. The molecule has 0 aliphatic carbocycles. The molecule has 0 bridgehead atoms. The third-order valence-corrected chi connectivity index (χ3v) is 7.29. The predicted octanol–water partition coefficient (Wildman–Crippen LogP) is 4.70. The number of nitrogens with zero attached hydrogens (tertiary/aromatic N) is 2. The number of thiazole rings is 1. The number of carbonyl (C=O) groups is 1. The summed E-state index contributed by atoms with van der Waals surface area (Å²) in [5.74, 6) is 0.321. The molecule has 1 atom stereocenters. The second kappa shape index (κ2) is 10.9. The zero-order valence-electron chi connectivity index (χ0n) is 21.3. The van der Waals surface area contributed by atoms with Crippen LogP contribution < -0.4 is 19.6 Å². The lowest BCUT2D eigenvalue weighted by atomic mass is 9.96. The maximum atomic E-state index is 13.7. The molecular weight excluding hydrogens is 492 g/mol. The first-order valence-electron chi connectivity index (χ1n) is 11.8. The second-order valence-corrected chi connectivity index (χ2v) is 10.9. The summed E-state index contributed by atoms with van der Waals surface area (Å²) in [5, 5.41) is 0. The number of esters is 1. The van der Waals surface area contributed by atoms with Gasteiger partial charge in [-0.15, -0.1) is 11.8 Å². The number of thioether (sulfide) groups is 1. The van der Waals surface area contributed by atoms with Gasteiger partial charge in [0.2, 0.25) is 0 Å². The van der Waals surface area contributed by atoms with Gasteiger partial charge in [-0.25, -0.2) is 9.79 Å². The Morgan fingerprint density at radius 2 is 1.72 bits per heavy atom. The van der Waals surface area contributed by atoms with Crippen LogP contribution in [-0.2, 0) is 9.53 Å². The number of benzene rings is 2. The van der Waals surface area contributed by atoms with Crippen molar-refractivity contribution in [3.05, 3.63) is 90.6 Å². The second-order valence-electron chi connectivity index (χ2n) is 9.04. The zero-order valence-corrected chi connectivity index (χ0v) is 22.9. The molecule has 8 heteroatoms. The molecule has 0 spiro atoms. The molecule has 36 heavy (non-hydrogen) atoms. The van der Waals surface area contributed by atoms with E-state index in [1.54, 1.807) is 23.3 Å². The molecule has 188 valence electrons. The molecule has 0 unspecified atom stereocenters. The van der Waals surface area contributed by atoms with E-state index >= 15 is 0 Å². The molecule has 0 radical (unpaired) electrons. The number of hydrogen-bond acceptors (Lipinski definition) is 7. The van der Waals surface area contributed by atoms with E-state index in [-0.39, 0.29) is 17.8 Å². The summed E-state index contributed by atoms with van der Waals surface area (Å²) >= 11 is 2.95. The Balaban J connectivity index is 1.85. The average molecular weight is 523 g/mol. The van der Waals surface area contributed by atoms with Crippen molar-refractivity contribution in [2.24, 2.45) is 4.99 Å². The molecule has 2 aromatic carbocycles. The molecule has 1 aromatic heterocycles. The van der Waals surface area contributed by atoms with E-state index in [9.17, 15) is 9.59 Å². The van der Waals surface area contributed by atoms with Crippen LogP contribution in [0.25, 0.3) is 6.08 Å². The fourth-order valence-corrected chi connectivity index (χ4v) is 5.48. The zero-order chi connectivity index (χ0) is 26.0. The summed E-state index contributed by atoms with van der Waals surface area (Å²) in [7, 11) is 0. The number of hydrogen-bond donors (Lipinski definition) is 0. The summed E-state index contributed by atoms with van der Waals surface area (Å²) in [6.45, 7) is 9.37. The highest BCUT2D eigenvalue weighted by Crippen LogP contribution is 2.32. The molecule has 1 aliphatic rings. The van der Waals surface area contributed by atoms with Crippen LogP contribution in [-0.4, -0.2) is 29.0 Å². The van der Waals surface area contributed by atoms with Crippen LogP contribution in [0.1, 0.15) is 51.8 Å². The normalized spacial score (nSPS) is 15.8. The van der Waals surface area contributed by atoms with Crippen LogP contribution in [0.4, 0.5) is 0 Å². The van der Waals surface area contributed by atoms with Gasteiger partial charge in [0.15, 0.2) is 4.80 Å². The first-order chi connectivity index (χ1) is 17.2. The monoisotopic (exact) mass is 522 g/mol. The number of rotatable bonds is 7. The topological polar surface area (TPSA) is 69.9 Å². The standard InChI is InChI=1S/C28H30N2O4S2/c1-16(2)33-21-11-7-19(8-12-21)15-23-26(31)30-25(20-9-13-22(35-6)14-10-20)24(27(32)34-17(3)4)18(5)29-28(30)36-23/h7-17,25H,1-6H3/b23-15-/t25-/m1/s1. The lowest BCUT2D eigenvalue weighted by molar-refractivity contribution is -0.143. The smallest absolute Gasteiger partial charge is 0.338 e. The lowest BCUT2D eigenvalue weighted by Crippen LogP contribution is -2.40. The van der Waals surface area contributed by atoms with Gasteiger partial charge in [-0.1, -0.05) is 35.6 Å². The van der Waals surface area contributed by atoms with Crippen LogP contribution in [0.2, 0.25) is 0 Å². The highest BCUT2D eigenvalue weighted by molar-refractivity contribution is 7.98. The molecule has 1 aliphatic heterocycles. The first kappa shape index (κ1) is 26.0. The van der Waals surface area contributed by atoms with Gasteiger partial charge < -0.3 is 9.47 Å². The van der Waals surface area contributed by atoms with Gasteiger partial charge in [0.05, 0.1) is 34.1 Å². The Kier molecular flexibility index (Phi) is 7.85. The van der Waals surface area contributed by atoms with Gasteiger partial charge in [0.25, 0.3) is 5.56 Å². The fraction of sp³-hybridized carbons (Fsp3) is 0.321. The summed E-state index contributed by atoms with van der Waals surface area (Å²) in [6, 6.07) is 14.9. The van der Waals surface area contributed by atoms with E-state index in [0.29, 0.717) is 20.6 Å². The minimum atomic E-state index is -0.618. The third kappa shape index (κ3) is 5.50. The van der Waals surface area contributed by atoms with Gasteiger partial charge in [0, 0.05) is 4.90 Å². The van der Waals surface area contributed by atoms with Crippen molar-refractivity contribution in [2.75, 3.05) is 6.26 Å².